The van der Waals surface area contributed by atoms with Crippen LogP contribution in [0.25, 0.3) is 0 Å². The third-order valence-corrected chi connectivity index (χ3v) is 2.05. The van der Waals surface area contributed by atoms with Gasteiger partial charge in [0.15, 0.2) is 0 Å². The molecule has 0 spiro atoms. The first-order valence-corrected chi connectivity index (χ1v) is 4.15. The highest BCUT2D eigenvalue weighted by Crippen LogP contribution is 2.25. The summed E-state index contributed by atoms with van der Waals surface area (Å²) in [6.07, 6.45) is 6.85. The van der Waals surface area contributed by atoms with E-state index in [4.69, 9.17) is 9.84 Å². The Morgan fingerprint density at radius 3 is 2.83 bits per heavy atom. The van der Waals surface area contributed by atoms with Crippen LogP contribution in [0, 0.1) is 0 Å². The summed E-state index contributed by atoms with van der Waals surface area (Å²) in [4.78, 5) is 3.82. The summed E-state index contributed by atoms with van der Waals surface area (Å²) in [7, 11) is 0. The molecular weight excluding hydrogens is 154 g/mol. The van der Waals surface area contributed by atoms with Crippen molar-refractivity contribution in [1.29, 1.82) is 0 Å². The highest BCUT2D eigenvalue weighted by atomic mass is 16.5. The van der Waals surface area contributed by atoms with Gasteiger partial charge in [-0.1, -0.05) is 0 Å². The molecule has 1 aliphatic carbocycles. The molecule has 1 aliphatic rings. The Hall–Kier alpha value is -1.25. The lowest BCUT2D eigenvalue weighted by atomic mass is 9.96. The zero-order chi connectivity index (χ0) is 8.39. The molecule has 1 saturated carbocycles. The number of aromatic nitrogens is 1. The lowest BCUT2D eigenvalue weighted by Crippen LogP contribution is -2.24. The monoisotopic (exact) mass is 165 g/mol. The number of pyridine rings is 1. The van der Waals surface area contributed by atoms with E-state index in [2.05, 4.69) is 4.98 Å². The van der Waals surface area contributed by atoms with Gasteiger partial charge in [-0.25, -0.2) is 0 Å². The Labute approximate surface area is 71.0 Å². The van der Waals surface area contributed by atoms with Crippen LogP contribution in [0.3, 0.4) is 0 Å². The molecule has 64 valence electrons. The van der Waals surface area contributed by atoms with Crippen LogP contribution in [0.1, 0.15) is 19.3 Å². The Morgan fingerprint density at radius 2 is 2.25 bits per heavy atom. The van der Waals surface area contributed by atoms with Crippen molar-refractivity contribution in [2.75, 3.05) is 0 Å². The topological polar surface area (TPSA) is 42.4 Å². The van der Waals surface area contributed by atoms with Crippen LogP contribution in [0.15, 0.2) is 18.5 Å². The molecule has 2 rings (SSSR count). The summed E-state index contributed by atoms with van der Waals surface area (Å²) in [6, 6.07) is 1.59. The summed E-state index contributed by atoms with van der Waals surface area (Å²) in [6.45, 7) is 0. The van der Waals surface area contributed by atoms with Crippen LogP contribution in [0.5, 0.6) is 11.5 Å². The summed E-state index contributed by atoms with van der Waals surface area (Å²) in [5.74, 6) is 0.825. The van der Waals surface area contributed by atoms with Crippen molar-refractivity contribution in [2.24, 2.45) is 0 Å². The van der Waals surface area contributed by atoms with Gasteiger partial charge in [0.2, 0.25) is 0 Å². The third-order valence-electron chi connectivity index (χ3n) is 2.05. The normalized spacial score (nSPS) is 17.0. The molecule has 0 saturated heterocycles. The number of rotatable bonds is 2. The van der Waals surface area contributed by atoms with E-state index in [1.165, 1.54) is 12.6 Å². The average Bonchev–Trinajstić information content (AvgIpc) is 1.97. The fraction of sp³-hybridized carbons (Fsp3) is 0.444. The summed E-state index contributed by atoms with van der Waals surface area (Å²) in [5, 5.41) is 9.07. The second-order valence-corrected chi connectivity index (χ2v) is 3.05. The molecule has 0 aromatic carbocycles. The molecule has 0 unspecified atom stereocenters. The molecule has 0 amide bonds. The predicted molar refractivity (Wildman–Crippen MR) is 44.2 cm³/mol. The smallest absolute Gasteiger partial charge is 0.141 e. The molecule has 1 N–H and O–H groups in total. The van der Waals surface area contributed by atoms with E-state index in [1.807, 2.05) is 0 Å². The lowest BCUT2D eigenvalue weighted by molar-refractivity contribution is 0.119. The highest BCUT2D eigenvalue weighted by Gasteiger charge is 2.18. The predicted octanol–water partition coefficient (Wildman–Crippen LogP) is 1.72. The van der Waals surface area contributed by atoms with Crippen LogP contribution < -0.4 is 4.74 Å². The maximum Gasteiger partial charge on any atom is 0.141 e. The van der Waals surface area contributed by atoms with Gasteiger partial charge in [-0.05, 0) is 19.3 Å². The van der Waals surface area contributed by atoms with Gasteiger partial charge in [0.25, 0.3) is 0 Å². The lowest BCUT2D eigenvalue weighted by Gasteiger charge is -2.26. The first kappa shape index (κ1) is 7.40. The van der Waals surface area contributed by atoms with Crippen molar-refractivity contribution in [3.63, 3.8) is 0 Å². The molecule has 12 heavy (non-hydrogen) atoms. The van der Waals surface area contributed by atoms with Crippen molar-refractivity contribution in [3.8, 4) is 11.5 Å². The van der Waals surface area contributed by atoms with Crippen molar-refractivity contribution < 1.29 is 9.84 Å². The zero-order valence-corrected chi connectivity index (χ0v) is 6.73. The Morgan fingerprint density at radius 1 is 1.42 bits per heavy atom. The Kier molecular flexibility index (Phi) is 1.86. The fourth-order valence-electron chi connectivity index (χ4n) is 1.15. The third kappa shape index (κ3) is 1.49. The second-order valence-electron chi connectivity index (χ2n) is 3.05. The zero-order valence-electron chi connectivity index (χ0n) is 6.73. The summed E-state index contributed by atoms with van der Waals surface area (Å²) < 4.78 is 5.51. The standard InChI is InChI=1S/C9H11NO2/c11-7-4-9(6-10-5-7)12-8-2-1-3-8/h4-6,8,11H,1-3H2. The molecule has 1 aromatic heterocycles. The van der Waals surface area contributed by atoms with Crippen LogP contribution >= 0.6 is 0 Å². The van der Waals surface area contributed by atoms with E-state index >= 15 is 0 Å². The van der Waals surface area contributed by atoms with Gasteiger partial charge in [-0.2, -0.15) is 0 Å². The van der Waals surface area contributed by atoms with Gasteiger partial charge in [-0.15, -0.1) is 0 Å². The van der Waals surface area contributed by atoms with Gasteiger partial charge < -0.3 is 9.84 Å². The molecule has 1 heterocycles. The van der Waals surface area contributed by atoms with Crippen molar-refractivity contribution >= 4 is 0 Å². The number of aromatic hydroxyl groups is 1. The molecular formula is C9H11NO2. The van der Waals surface area contributed by atoms with E-state index in [1.54, 1.807) is 12.3 Å². The van der Waals surface area contributed by atoms with E-state index < -0.39 is 0 Å². The van der Waals surface area contributed by atoms with Gasteiger partial charge >= 0.3 is 0 Å². The minimum absolute atomic E-state index is 0.159. The van der Waals surface area contributed by atoms with Gasteiger partial charge in [0.05, 0.1) is 18.5 Å². The van der Waals surface area contributed by atoms with Crippen molar-refractivity contribution in [2.45, 2.75) is 25.4 Å². The van der Waals surface area contributed by atoms with Gasteiger partial charge in [0, 0.05) is 6.07 Å². The fourth-order valence-corrected chi connectivity index (χ4v) is 1.15. The molecule has 0 atom stereocenters. The molecule has 0 bridgehead atoms. The Bertz CT molecular complexity index is 271. The molecule has 1 fully saturated rings. The van der Waals surface area contributed by atoms with E-state index in [9.17, 15) is 0 Å². The van der Waals surface area contributed by atoms with Crippen LogP contribution in [0.2, 0.25) is 0 Å². The van der Waals surface area contributed by atoms with Gasteiger partial charge in [-0.3, -0.25) is 4.98 Å². The first-order valence-electron chi connectivity index (χ1n) is 4.15. The van der Waals surface area contributed by atoms with Gasteiger partial charge in [0.1, 0.15) is 11.5 Å². The van der Waals surface area contributed by atoms with Crippen LogP contribution in [0.4, 0.5) is 0 Å². The molecule has 3 nitrogen and oxygen atoms in total. The molecule has 0 aliphatic heterocycles. The molecule has 1 aromatic rings. The minimum Gasteiger partial charge on any atom is -0.506 e. The highest BCUT2D eigenvalue weighted by molar-refractivity contribution is 5.27. The van der Waals surface area contributed by atoms with E-state index in [0.29, 0.717) is 11.9 Å². The SMILES string of the molecule is Oc1cncc(OC2CCC2)c1. The summed E-state index contributed by atoms with van der Waals surface area (Å²) >= 11 is 0. The maximum atomic E-state index is 9.07. The minimum atomic E-state index is 0.159. The van der Waals surface area contributed by atoms with E-state index in [-0.39, 0.29) is 5.75 Å². The van der Waals surface area contributed by atoms with Crippen LogP contribution in [-0.4, -0.2) is 16.2 Å². The first-order chi connectivity index (χ1) is 5.84. The second kappa shape index (κ2) is 3.01. The molecule has 3 heteroatoms. The van der Waals surface area contributed by atoms with Crippen molar-refractivity contribution in [1.82, 2.24) is 4.98 Å². The van der Waals surface area contributed by atoms with Crippen LogP contribution in [-0.2, 0) is 0 Å². The van der Waals surface area contributed by atoms with E-state index in [0.717, 1.165) is 12.8 Å². The number of ether oxygens (including phenoxy) is 1. The quantitative estimate of drug-likeness (QED) is 0.725. The maximum absolute atomic E-state index is 9.07. The number of nitrogens with zero attached hydrogens (tertiary/aromatic N) is 1. The van der Waals surface area contributed by atoms with Crippen molar-refractivity contribution in [3.05, 3.63) is 18.5 Å². The largest absolute Gasteiger partial charge is 0.506 e. The Balaban J connectivity index is 2.02. The average molecular weight is 165 g/mol. The summed E-state index contributed by atoms with van der Waals surface area (Å²) in [5.41, 5.74) is 0. The molecule has 0 radical (unpaired) electrons. The number of hydrogen-bond donors (Lipinski definition) is 1. The number of hydrogen-bond acceptors (Lipinski definition) is 3.